The average Bonchev–Trinajstić information content (AvgIpc) is 3.01. The molecule has 0 saturated heterocycles. The van der Waals surface area contributed by atoms with Crippen LogP contribution in [-0.2, 0) is 6.42 Å². The number of rotatable bonds is 7. The topological polar surface area (TPSA) is 51.0 Å². The third-order valence-electron chi connectivity index (χ3n) is 4.58. The smallest absolute Gasteiger partial charge is 0.119 e. The molecule has 1 aromatic heterocycles. The Balaban J connectivity index is 1.76. The highest BCUT2D eigenvalue weighted by atomic mass is 16.5. The van der Waals surface area contributed by atoms with Crippen LogP contribution in [0.15, 0.2) is 48.7 Å². The average molecular weight is 336 g/mol. The van der Waals surface area contributed by atoms with Gasteiger partial charge in [0, 0.05) is 23.0 Å². The fraction of sp³-hybridized carbons (Fsp3) is 0.364. The number of hydrogen-bond donors (Lipinski definition) is 2. The number of fused-ring (bicyclic) bond motifs is 1. The zero-order chi connectivity index (χ0) is 17.8. The number of aryl methyl sites for hydroxylation is 1. The van der Waals surface area contributed by atoms with E-state index in [9.17, 15) is 0 Å². The molecule has 25 heavy (non-hydrogen) atoms. The zero-order valence-corrected chi connectivity index (χ0v) is 15.4. The molecular formula is C22H28N2O. The van der Waals surface area contributed by atoms with Gasteiger partial charge in [0.15, 0.2) is 0 Å². The van der Waals surface area contributed by atoms with E-state index in [1.54, 1.807) is 0 Å². The molecule has 0 spiro atoms. The normalized spacial score (nSPS) is 12.7. The Hall–Kier alpha value is -2.26. The van der Waals surface area contributed by atoms with Crippen LogP contribution in [0.25, 0.3) is 10.9 Å². The highest BCUT2D eigenvalue weighted by Crippen LogP contribution is 2.29. The van der Waals surface area contributed by atoms with Crippen LogP contribution in [0.4, 0.5) is 0 Å². The molecule has 1 unspecified atom stereocenters. The van der Waals surface area contributed by atoms with E-state index in [0.717, 1.165) is 18.8 Å². The van der Waals surface area contributed by atoms with Crippen molar-refractivity contribution in [3.05, 3.63) is 65.4 Å². The van der Waals surface area contributed by atoms with E-state index < -0.39 is 0 Å². The van der Waals surface area contributed by atoms with E-state index in [4.69, 9.17) is 10.5 Å². The van der Waals surface area contributed by atoms with Crippen molar-refractivity contribution in [3.63, 3.8) is 0 Å². The zero-order valence-electron chi connectivity index (χ0n) is 15.4. The minimum absolute atomic E-state index is 0.304. The second-order valence-corrected chi connectivity index (χ2v) is 7.28. The molecule has 3 heteroatoms. The van der Waals surface area contributed by atoms with E-state index in [2.05, 4.69) is 74.4 Å². The van der Waals surface area contributed by atoms with Crippen molar-refractivity contribution in [2.24, 2.45) is 11.7 Å². The van der Waals surface area contributed by atoms with Crippen LogP contribution in [0.2, 0.25) is 0 Å². The first kappa shape index (κ1) is 17.6. The van der Waals surface area contributed by atoms with Crippen LogP contribution < -0.4 is 10.5 Å². The van der Waals surface area contributed by atoms with Crippen LogP contribution in [-0.4, -0.2) is 18.1 Å². The molecule has 0 radical (unpaired) electrons. The van der Waals surface area contributed by atoms with Crippen LogP contribution >= 0.6 is 0 Å². The van der Waals surface area contributed by atoms with Gasteiger partial charge in [0.25, 0.3) is 0 Å². The second kappa shape index (κ2) is 7.75. The van der Waals surface area contributed by atoms with Crippen molar-refractivity contribution in [1.29, 1.82) is 0 Å². The summed E-state index contributed by atoms with van der Waals surface area (Å²) in [4.78, 5) is 3.38. The van der Waals surface area contributed by atoms with Gasteiger partial charge in [0.2, 0.25) is 0 Å². The predicted octanol–water partition coefficient (Wildman–Crippen LogP) is 4.80. The fourth-order valence-corrected chi connectivity index (χ4v) is 3.18. The molecule has 0 saturated carbocycles. The van der Waals surface area contributed by atoms with E-state index in [-0.39, 0.29) is 0 Å². The largest absolute Gasteiger partial charge is 0.493 e. The SMILES string of the molecule is Cc1ccc2[nH]cc(C(CN)Cc3ccc(OCC(C)C)cc3)c2c1. The molecule has 132 valence electrons. The molecule has 3 rings (SSSR count). The van der Waals surface area contributed by atoms with Crippen LogP contribution in [0.3, 0.4) is 0 Å². The molecule has 3 nitrogen and oxygen atoms in total. The first-order valence-electron chi connectivity index (χ1n) is 9.06. The molecule has 0 fully saturated rings. The Morgan fingerprint density at radius 3 is 2.52 bits per heavy atom. The summed E-state index contributed by atoms with van der Waals surface area (Å²) in [7, 11) is 0. The van der Waals surface area contributed by atoms with Crippen molar-refractivity contribution < 1.29 is 4.74 Å². The Morgan fingerprint density at radius 2 is 1.84 bits per heavy atom. The van der Waals surface area contributed by atoms with Crippen LogP contribution in [0.1, 0.15) is 36.5 Å². The lowest BCUT2D eigenvalue weighted by molar-refractivity contribution is 0.271. The maximum atomic E-state index is 6.11. The highest BCUT2D eigenvalue weighted by molar-refractivity contribution is 5.84. The number of ether oxygens (including phenoxy) is 1. The Morgan fingerprint density at radius 1 is 1.08 bits per heavy atom. The van der Waals surface area contributed by atoms with Gasteiger partial charge in [-0.05, 0) is 61.2 Å². The van der Waals surface area contributed by atoms with Gasteiger partial charge in [-0.25, -0.2) is 0 Å². The number of hydrogen-bond acceptors (Lipinski definition) is 2. The molecule has 3 N–H and O–H groups in total. The summed E-state index contributed by atoms with van der Waals surface area (Å²) in [6.07, 6.45) is 3.05. The molecule has 1 atom stereocenters. The monoisotopic (exact) mass is 336 g/mol. The van der Waals surface area contributed by atoms with Gasteiger partial charge in [-0.15, -0.1) is 0 Å². The standard InChI is InChI=1S/C22H28N2O/c1-15(2)14-25-19-7-5-17(6-8-19)11-18(12-23)21-13-24-22-9-4-16(3)10-20(21)22/h4-10,13,15,18,24H,11-12,14,23H2,1-3H3. The molecule has 3 aromatic rings. The highest BCUT2D eigenvalue weighted by Gasteiger charge is 2.15. The van der Waals surface area contributed by atoms with Crippen molar-refractivity contribution in [3.8, 4) is 5.75 Å². The number of H-pyrrole nitrogens is 1. The third-order valence-corrected chi connectivity index (χ3v) is 4.58. The molecular weight excluding hydrogens is 308 g/mol. The summed E-state index contributed by atoms with van der Waals surface area (Å²) >= 11 is 0. The van der Waals surface area contributed by atoms with Gasteiger partial charge in [0.1, 0.15) is 5.75 Å². The van der Waals surface area contributed by atoms with Gasteiger partial charge in [0.05, 0.1) is 6.61 Å². The first-order valence-corrected chi connectivity index (χ1v) is 9.06. The van der Waals surface area contributed by atoms with E-state index in [1.807, 2.05) is 0 Å². The first-order chi connectivity index (χ1) is 12.1. The maximum absolute atomic E-state index is 6.11. The molecule has 0 aliphatic heterocycles. The summed E-state index contributed by atoms with van der Waals surface area (Å²) in [5.74, 6) is 1.77. The van der Waals surface area contributed by atoms with E-state index in [1.165, 1.54) is 27.6 Å². The van der Waals surface area contributed by atoms with E-state index >= 15 is 0 Å². The minimum Gasteiger partial charge on any atom is -0.493 e. The molecule has 2 aromatic carbocycles. The van der Waals surface area contributed by atoms with Crippen LogP contribution in [0.5, 0.6) is 5.75 Å². The van der Waals surface area contributed by atoms with Gasteiger partial charge >= 0.3 is 0 Å². The Bertz CT molecular complexity index is 818. The van der Waals surface area contributed by atoms with Crippen molar-refractivity contribution in [2.75, 3.05) is 13.2 Å². The molecule has 0 amide bonds. The summed E-state index contributed by atoms with van der Waals surface area (Å²) in [5.41, 5.74) is 11.2. The third kappa shape index (κ3) is 4.23. The fourth-order valence-electron chi connectivity index (χ4n) is 3.18. The van der Waals surface area contributed by atoms with Crippen molar-refractivity contribution in [1.82, 2.24) is 4.98 Å². The van der Waals surface area contributed by atoms with Crippen LogP contribution in [0, 0.1) is 12.8 Å². The van der Waals surface area contributed by atoms with Gasteiger partial charge in [-0.1, -0.05) is 37.6 Å². The molecule has 0 aliphatic rings. The Labute approximate surface area is 150 Å². The number of benzene rings is 2. The number of aromatic amines is 1. The summed E-state index contributed by atoms with van der Waals surface area (Å²) in [5, 5.41) is 1.28. The minimum atomic E-state index is 0.304. The van der Waals surface area contributed by atoms with Gasteiger partial charge in [-0.3, -0.25) is 0 Å². The second-order valence-electron chi connectivity index (χ2n) is 7.28. The molecule has 0 aliphatic carbocycles. The quantitative estimate of drug-likeness (QED) is 0.651. The van der Waals surface area contributed by atoms with Crippen molar-refractivity contribution in [2.45, 2.75) is 33.1 Å². The molecule has 0 bridgehead atoms. The number of nitrogens with two attached hydrogens (primary N) is 1. The van der Waals surface area contributed by atoms with Crippen molar-refractivity contribution >= 4 is 10.9 Å². The summed E-state index contributed by atoms with van der Waals surface area (Å²) < 4.78 is 5.77. The van der Waals surface area contributed by atoms with Gasteiger partial charge in [-0.2, -0.15) is 0 Å². The maximum Gasteiger partial charge on any atom is 0.119 e. The number of nitrogens with one attached hydrogen (secondary N) is 1. The van der Waals surface area contributed by atoms with E-state index in [0.29, 0.717) is 18.4 Å². The lowest BCUT2D eigenvalue weighted by Crippen LogP contribution is -2.14. The van der Waals surface area contributed by atoms with Gasteiger partial charge < -0.3 is 15.5 Å². The molecule has 1 heterocycles. The summed E-state index contributed by atoms with van der Waals surface area (Å²) in [6.45, 7) is 7.82. The lowest BCUT2D eigenvalue weighted by Gasteiger charge is -2.15. The lowest BCUT2D eigenvalue weighted by atomic mass is 9.91. The number of aromatic nitrogens is 1. The predicted molar refractivity (Wildman–Crippen MR) is 105 cm³/mol. The summed E-state index contributed by atoms with van der Waals surface area (Å²) in [6, 6.07) is 14.9. The Kier molecular flexibility index (Phi) is 5.44.